The van der Waals surface area contributed by atoms with Crippen molar-refractivity contribution in [2.24, 2.45) is 5.92 Å². The lowest BCUT2D eigenvalue weighted by Gasteiger charge is -2.27. The zero-order valence-electron chi connectivity index (χ0n) is 21.0. The normalized spacial score (nSPS) is 17.3. The lowest BCUT2D eigenvalue weighted by Crippen LogP contribution is -2.28. The van der Waals surface area contributed by atoms with Crippen molar-refractivity contribution < 1.29 is 9.53 Å². The Morgan fingerprint density at radius 2 is 2.06 bits per heavy atom. The van der Waals surface area contributed by atoms with Gasteiger partial charge in [-0.15, -0.1) is 0 Å². The Kier molecular flexibility index (Phi) is 7.89. The van der Waals surface area contributed by atoms with E-state index in [-0.39, 0.29) is 11.2 Å². The van der Waals surface area contributed by atoms with Crippen LogP contribution in [-0.4, -0.2) is 46.4 Å². The quantitative estimate of drug-likeness (QED) is 0.339. The topological polar surface area (TPSA) is 80.2 Å². The van der Waals surface area contributed by atoms with E-state index in [1.807, 2.05) is 6.20 Å². The fraction of sp³-hybridized carbons (Fsp3) is 0.462. The van der Waals surface area contributed by atoms with Crippen LogP contribution in [0.15, 0.2) is 22.9 Å². The first-order chi connectivity index (χ1) is 16.7. The first-order valence-electron chi connectivity index (χ1n) is 11.9. The van der Waals surface area contributed by atoms with E-state index in [4.69, 9.17) is 16.3 Å². The van der Waals surface area contributed by atoms with Gasteiger partial charge in [-0.05, 0) is 86.0 Å². The summed E-state index contributed by atoms with van der Waals surface area (Å²) in [5.74, 6) is 1.26. The molecule has 0 bridgehead atoms. The Hall–Kier alpha value is -2.34. The fourth-order valence-corrected chi connectivity index (χ4v) is 5.70. The van der Waals surface area contributed by atoms with Crippen molar-refractivity contribution in [3.05, 3.63) is 50.6 Å². The van der Waals surface area contributed by atoms with Crippen LogP contribution in [0.2, 0.25) is 5.28 Å². The van der Waals surface area contributed by atoms with E-state index in [1.54, 1.807) is 0 Å². The highest BCUT2D eigenvalue weighted by Crippen LogP contribution is 2.38. The number of aryl methyl sites for hydroxylation is 1. The highest BCUT2D eigenvalue weighted by Gasteiger charge is 2.26. The Bertz CT molecular complexity index is 1230. The van der Waals surface area contributed by atoms with Gasteiger partial charge in [0.2, 0.25) is 23.5 Å². The van der Waals surface area contributed by atoms with E-state index in [0.29, 0.717) is 24.8 Å². The molecule has 2 aromatic heterocycles. The third-order valence-corrected chi connectivity index (χ3v) is 8.01. The van der Waals surface area contributed by atoms with Crippen LogP contribution >= 0.6 is 20.8 Å². The summed E-state index contributed by atoms with van der Waals surface area (Å²) in [7, 11) is 4.91. The summed E-state index contributed by atoms with van der Waals surface area (Å²) in [6.45, 7) is 10.9. The molecule has 35 heavy (non-hydrogen) atoms. The highest BCUT2D eigenvalue weighted by atomic mass is 35.5. The molecule has 2 atom stereocenters. The maximum atomic E-state index is 10.7. The monoisotopic (exact) mass is 513 g/mol. The van der Waals surface area contributed by atoms with Gasteiger partial charge in [-0.1, -0.05) is 21.7 Å². The predicted octanol–water partition coefficient (Wildman–Crippen LogP) is 4.24. The summed E-state index contributed by atoms with van der Waals surface area (Å²) in [5, 5.41) is 3.92. The number of rotatable bonds is 7. The number of carbonyl (C=O) groups is 1. The van der Waals surface area contributed by atoms with E-state index >= 15 is 0 Å². The SMILES string of the molecule is CC1=C(/C(C)=C(\C)C(C)CNC=O)CCc2cnc(Oc3nc(Cl)nc4c3CN(C)CC4)c(P)c21. The van der Waals surface area contributed by atoms with Crippen molar-refractivity contribution in [3.63, 3.8) is 0 Å². The third-order valence-electron chi connectivity index (χ3n) is 7.30. The zero-order chi connectivity index (χ0) is 25.3. The van der Waals surface area contributed by atoms with E-state index in [1.165, 1.54) is 33.4 Å². The van der Waals surface area contributed by atoms with Gasteiger partial charge < -0.3 is 15.0 Å². The number of halogens is 1. The molecule has 1 N–H and O–H groups in total. The zero-order valence-corrected chi connectivity index (χ0v) is 22.9. The summed E-state index contributed by atoms with van der Waals surface area (Å²) in [4.78, 5) is 26.4. The minimum Gasteiger partial charge on any atom is -0.419 e. The second kappa shape index (κ2) is 10.7. The second-order valence-corrected chi connectivity index (χ2v) is 10.4. The lowest BCUT2D eigenvalue weighted by atomic mass is 9.81. The molecule has 7 nitrogen and oxygen atoms in total. The molecule has 0 fully saturated rings. The third kappa shape index (κ3) is 5.28. The van der Waals surface area contributed by atoms with Crippen molar-refractivity contribution in [2.75, 3.05) is 20.1 Å². The second-order valence-electron chi connectivity index (χ2n) is 9.53. The molecule has 1 amide bonds. The number of allylic oxidation sites excluding steroid dienone is 3. The Morgan fingerprint density at radius 1 is 1.29 bits per heavy atom. The maximum absolute atomic E-state index is 10.7. The Labute approximate surface area is 214 Å². The van der Waals surface area contributed by atoms with Gasteiger partial charge in [0.1, 0.15) is 0 Å². The number of nitrogens with one attached hydrogen (secondary N) is 1. The predicted molar refractivity (Wildman–Crippen MR) is 143 cm³/mol. The smallest absolute Gasteiger partial charge is 0.230 e. The minimum atomic E-state index is 0.194. The van der Waals surface area contributed by atoms with Crippen molar-refractivity contribution in [3.8, 4) is 11.8 Å². The number of nitrogens with zero attached hydrogens (tertiary/aromatic N) is 4. The number of amides is 1. The van der Waals surface area contributed by atoms with Gasteiger partial charge in [-0.25, -0.2) is 9.97 Å². The first-order valence-corrected chi connectivity index (χ1v) is 12.9. The molecule has 2 aliphatic rings. The number of carbonyl (C=O) groups excluding carboxylic acids is 1. The number of ether oxygens (including phenoxy) is 1. The molecule has 0 radical (unpaired) electrons. The number of fused-ring (bicyclic) bond motifs is 2. The van der Waals surface area contributed by atoms with Crippen LogP contribution in [0, 0.1) is 5.92 Å². The molecule has 2 aromatic rings. The molecule has 1 aliphatic heterocycles. The minimum absolute atomic E-state index is 0.194. The van der Waals surface area contributed by atoms with E-state index in [2.05, 4.69) is 69.2 Å². The van der Waals surface area contributed by atoms with Crippen LogP contribution in [0.5, 0.6) is 11.8 Å². The van der Waals surface area contributed by atoms with Gasteiger partial charge in [0, 0.05) is 37.6 Å². The van der Waals surface area contributed by atoms with E-state index in [0.717, 1.165) is 48.8 Å². The van der Waals surface area contributed by atoms with Gasteiger partial charge in [-0.3, -0.25) is 4.79 Å². The summed E-state index contributed by atoms with van der Waals surface area (Å²) >= 11 is 6.23. The van der Waals surface area contributed by atoms with Crippen molar-refractivity contribution in [1.29, 1.82) is 0 Å². The summed E-state index contributed by atoms with van der Waals surface area (Å²) in [5.41, 5.74) is 9.44. The van der Waals surface area contributed by atoms with Gasteiger partial charge in [0.25, 0.3) is 0 Å². The van der Waals surface area contributed by atoms with Crippen molar-refractivity contribution in [1.82, 2.24) is 25.2 Å². The number of likely N-dealkylation sites (N-methyl/N-ethyl adjacent to an activating group) is 1. The standard InChI is InChI=1S/C26H33ClN5O2P/c1-14(10-28-13-33)15(2)16(3)19-7-6-18-11-29-25(23(35)22(18)17(19)4)34-24-20-12-32(5)9-8-21(20)30-26(27)31-24/h11,13-14H,6-10,12,35H2,1-5H3,(H,28,33)/b16-15+. The molecule has 186 valence electrons. The van der Waals surface area contributed by atoms with Gasteiger partial charge in [0.15, 0.2) is 0 Å². The molecule has 3 heterocycles. The largest absolute Gasteiger partial charge is 0.419 e. The maximum Gasteiger partial charge on any atom is 0.230 e. The molecule has 0 saturated heterocycles. The van der Waals surface area contributed by atoms with Gasteiger partial charge in [0.05, 0.1) is 11.3 Å². The van der Waals surface area contributed by atoms with E-state index < -0.39 is 0 Å². The van der Waals surface area contributed by atoms with Gasteiger partial charge in [-0.2, -0.15) is 4.98 Å². The Balaban J connectivity index is 1.72. The number of hydrogen-bond acceptors (Lipinski definition) is 6. The molecule has 9 heteroatoms. The van der Waals surface area contributed by atoms with Crippen molar-refractivity contribution >= 4 is 38.1 Å². The summed E-state index contributed by atoms with van der Waals surface area (Å²) in [6, 6.07) is 0. The first kappa shape index (κ1) is 25.7. The molecule has 1 aliphatic carbocycles. The van der Waals surface area contributed by atoms with E-state index in [9.17, 15) is 4.79 Å². The lowest BCUT2D eigenvalue weighted by molar-refractivity contribution is -0.109. The molecule has 0 spiro atoms. The number of pyridine rings is 1. The summed E-state index contributed by atoms with van der Waals surface area (Å²) in [6.07, 6.45) is 5.37. The van der Waals surface area contributed by atoms with Gasteiger partial charge >= 0.3 is 0 Å². The van der Waals surface area contributed by atoms with Crippen molar-refractivity contribution in [2.45, 2.75) is 53.5 Å². The average Bonchev–Trinajstić information content (AvgIpc) is 2.83. The Morgan fingerprint density at radius 3 is 2.80 bits per heavy atom. The molecular formula is C26H33ClN5O2P. The fourth-order valence-electron chi connectivity index (χ4n) is 4.98. The molecule has 2 unspecified atom stereocenters. The molecule has 4 rings (SSSR count). The van der Waals surface area contributed by atoms with Crippen LogP contribution in [0.1, 0.15) is 56.5 Å². The van der Waals surface area contributed by atoms with Crippen LogP contribution < -0.4 is 15.4 Å². The van der Waals surface area contributed by atoms with Crippen LogP contribution in [0.4, 0.5) is 0 Å². The molecule has 0 saturated carbocycles. The number of aromatic nitrogens is 3. The highest BCUT2D eigenvalue weighted by molar-refractivity contribution is 7.28. The van der Waals surface area contributed by atoms with Crippen LogP contribution in [0.25, 0.3) is 5.57 Å². The molecular weight excluding hydrogens is 481 g/mol. The summed E-state index contributed by atoms with van der Waals surface area (Å²) < 4.78 is 6.31. The van der Waals surface area contributed by atoms with Crippen LogP contribution in [-0.2, 0) is 24.2 Å². The average molecular weight is 514 g/mol. The number of hydrogen-bond donors (Lipinski definition) is 1. The molecule has 0 aromatic carbocycles. The van der Waals surface area contributed by atoms with Crippen LogP contribution in [0.3, 0.4) is 0 Å².